The van der Waals surface area contributed by atoms with E-state index < -0.39 is 0 Å². The molecule has 0 heterocycles. The van der Waals surface area contributed by atoms with E-state index in [-0.39, 0.29) is 11.6 Å². The molecule has 3 nitrogen and oxygen atoms in total. The van der Waals surface area contributed by atoms with Crippen LogP contribution >= 0.6 is 0 Å². The van der Waals surface area contributed by atoms with Gasteiger partial charge in [0.15, 0.2) is 0 Å². The molecule has 17 heavy (non-hydrogen) atoms. The maximum absolute atomic E-state index is 11.8. The molecule has 0 atom stereocenters. The van der Waals surface area contributed by atoms with Crippen LogP contribution in [0.15, 0.2) is 30.3 Å². The molecule has 2 rings (SSSR count). The van der Waals surface area contributed by atoms with Crippen molar-refractivity contribution < 1.29 is 4.79 Å². The molecule has 1 aromatic carbocycles. The van der Waals surface area contributed by atoms with Crippen LogP contribution in [0.25, 0.3) is 0 Å². The van der Waals surface area contributed by atoms with Gasteiger partial charge in [0, 0.05) is 6.54 Å². The second kappa shape index (κ2) is 4.78. The van der Waals surface area contributed by atoms with Gasteiger partial charge < -0.3 is 10.6 Å². The van der Waals surface area contributed by atoms with E-state index in [0.717, 1.165) is 19.4 Å². The minimum absolute atomic E-state index is 0.0555. The topological polar surface area (TPSA) is 41.1 Å². The molecular formula is C14H20N2O. The molecule has 0 aliphatic heterocycles. The van der Waals surface area contributed by atoms with Crippen molar-refractivity contribution in [1.29, 1.82) is 0 Å². The van der Waals surface area contributed by atoms with Gasteiger partial charge in [-0.2, -0.15) is 0 Å². The number of nitrogens with one attached hydrogen (secondary N) is 2. The Morgan fingerprint density at radius 2 is 1.94 bits per heavy atom. The molecule has 92 valence electrons. The fraction of sp³-hybridized carbons (Fsp3) is 0.500. The molecule has 1 aliphatic rings. The predicted octanol–water partition coefficient (Wildman–Crippen LogP) is 2.63. The largest absolute Gasteiger partial charge is 0.338 e. The smallest absolute Gasteiger partial charge is 0.315 e. The van der Waals surface area contributed by atoms with Gasteiger partial charge >= 0.3 is 6.03 Å². The lowest BCUT2D eigenvalue weighted by Crippen LogP contribution is -2.43. The molecule has 0 radical (unpaired) electrons. The van der Waals surface area contributed by atoms with E-state index in [9.17, 15) is 4.79 Å². The molecule has 0 spiro atoms. The normalized spacial score (nSPS) is 16.6. The second-order valence-electron chi connectivity index (χ2n) is 5.18. The Morgan fingerprint density at radius 1 is 1.29 bits per heavy atom. The first-order valence-electron chi connectivity index (χ1n) is 6.24. The van der Waals surface area contributed by atoms with Gasteiger partial charge in [-0.1, -0.05) is 44.2 Å². The minimum atomic E-state index is -0.109. The molecule has 1 aromatic rings. The van der Waals surface area contributed by atoms with Gasteiger partial charge in [-0.3, -0.25) is 0 Å². The lowest BCUT2D eigenvalue weighted by atomic mass is 10.1. The fourth-order valence-corrected chi connectivity index (χ4v) is 1.93. The van der Waals surface area contributed by atoms with Crippen LogP contribution in [0.3, 0.4) is 0 Å². The van der Waals surface area contributed by atoms with Crippen molar-refractivity contribution in [2.24, 2.45) is 5.92 Å². The number of benzene rings is 1. The molecule has 0 aromatic heterocycles. The summed E-state index contributed by atoms with van der Waals surface area (Å²) in [6.45, 7) is 4.89. The highest BCUT2D eigenvalue weighted by atomic mass is 16.2. The summed E-state index contributed by atoms with van der Waals surface area (Å²) in [7, 11) is 0. The lowest BCUT2D eigenvalue weighted by molar-refractivity contribution is 0.234. The molecule has 2 N–H and O–H groups in total. The van der Waals surface area contributed by atoms with Crippen molar-refractivity contribution >= 4 is 6.03 Å². The fourth-order valence-electron chi connectivity index (χ4n) is 1.93. The number of hydrogen-bond acceptors (Lipinski definition) is 1. The zero-order valence-electron chi connectivity index (χ0n) is 10.5. The average Bonchev–Trinajstić information content (AvgIpc) is 3.09. The Morgan fingerprint density at radius 3 is 2.47 bits per heavy atom. The summed E-state index contributed by atoms with van der Waals surface area (Å²) in [4.78, 5) is 11.8. The second-order valence-corrected chi connectivity index (χ2v) is 5.18. The zero-order valence-corrected chi connectivity index (χ0v) is 10.5. The number of urea groups is 1. The van der Waals surface area contributed by atoms with Crippen LogP contribution in [-0.4, -0.2) is 12.6 Å². The molecule has 0 saturated heterocycles. The van der Waals surface area contributed by atoms with Crippen LogP contribution in [0.5, 0.6) is 0 Å². The third-order valence-corrected chi connectivity index (χ3v) is 3.10. The first kappa shape index (κ1) is 12.0. The SMILES string of the molecule is CC(C)CNC(=O)NC1(c2ccccc2)CC1. The third kappa shape index (κ3) is 2.99. The van der Waals surface area contributed by atoms with Gasteiger partial charge in [0.2, 0.25) is 0 Å². The van der Waals surface area contributed by atoms with E-state index in [1.807, 2.05) is 18.2 Å². The number of amides is 2. The predicted molar refractivity (Wildman–Crippen MR) is 68.7 cm³/mol. The van der Waals surface area contributed by atoms with Crippen molar-refractivity contribution in [2.45, 2.75) is 32.2 Å². The Hall–Kier alpha value is -1.51. The zero-order chi connectivity index (χ0) is 12.3. The van der Waals surface area contributed by atoms with Crippen molar-refractivity contribution in [3.63, 3.8) is 0 Å². The van der Waals surface area contributed by atoms with Crippen molar-refractivity contribution in [2.75, 3.05) is 6.54 Å². The highest BCUT2D eigenvalue weighted by Crippen LogP contribution is 2.45. The van der Waals surface area contributed by atoms with Crippen LogP contribution in [-0.2, 0) is 5.54 Å². The maximum atomic E-state index is 11.8. The van der Waals surface area contributed by atoms with Crippen LogP contribution in [0, 0.1) is 5.92 Å². The molecule has 3 heteroatoms. The van der Waals surface area contributed by atoms with Gasteiger partial charge in [-0.05, 0) is 24.3 Å². The van der Waals surface area contributed by atoms with Gasteiger partial charge in [-0.25, -0.2) is 4.79 Å². The van der Waals surface area contributed by atoms with Crippen molar-refractivity contribution in [3.05, 3.63) is 35.9 Å². The van der Waals surface area contributed by atoms with Gasteiger partial charge in [0.05, 0.1) is 5.54 Å². The van der Waals surface area contributed by atoms with Gasteiger partial charge in [0.25, 0.3) is 0 Å². The number of carbonyl (C=O) groups excluding carboxylic acids is 1. The number of hydrogen-bond donors (Lipinski definition) is 2. The van der Waals surface area contributed by atoms with Gasteiger partial charge in [-0.15, -0.1) is 0 Å². The first-order chi connectivity index (χ1) is 8.12. The molecular weight excluding hydrogens is 212 g/mol. The summed E-state index contributed by atoms with van der Waals surface area (Å²) < 4.78 is 0. The summed E-state index contributed by atoms with van der Waals surface area (Å²) in [6, 6.07) is 10.1. The molecule has 1 saturated carbocycles. The first-order valence-corrected chi connectivity index (χ1v) is 6.24. The van der Waals surface area contributed by atoms with E-state index in [2.05, 4.69) is 36.6 Å². The number of rotatable bonds is 4. The average molecular weight is 232 g/mol. The summed E-state index contributed by atoms with van der Waals surface area (Å²) in [5.41, 5.74) is 1.10. The van der Waals surface area contributed by atoms with E-state index in [4.69, 9.17) is 0 Å². The monoisotopic (exact) mass is 232 g/mol. The van der Waals surface area contributed by atoms with E-state index in [0.29, 0.717) is 5.92 Å². The summed E-state index contributed by atoms with van der Waals surface area (Å²) in [6.07, 6.45) is 2.07. The van der Waals surface area contributed by atoms with E-state index >= 15 is 0 Å². The third-order valence-electron chi connectivity index (χ3n) is 3.10. The summed E-state index contributed by atoms with van der Waals surface area (Å²) >= 11 is 0. The Kier molecular flexibility index (Phi) is 3.36. The molecule has 0 unspecified atom stereocenters. The quantitative estimate of drug-likeness (QED) is 0.823. The Labute approximate surface area is 103 Å². The van der Waals surface area contributed by atoms with E-state index in [1.54, 1.807) is 0 Å². The molecule has 0 bridgehead atoms. The molecule has 1 fully saturated rings. The molecule has 1 aliphatic carbocycles. The Balaban J connectivity index is 1.93. The van der Waals surface area contributed by atoms with Crippen LogP contribution in [0.1, 0.15) is 32.3 Å². The minimum Gasteiger partial charge on any atom is -0.338 e. The highest BCUT2D eigenvalue weighted by molar-refractivity contribution is 5.75. The van der Waals surface area contributed by atoms with Gasteiger partial charge in [0.1, 0.15) is 0 Å². The molecule has 2 amide bonds. The Bertz CT molecular complexity index is 382. The van der Waals surface area contributed by atoms with E-state index in [1.165, 1.54) is 5.56 Å². The maximum Gasteiger partial charge on any atom is 0.315 e. The highest BCUT2D eigenvalue weighted by Gasteiger charge is 2.45. The number of carbonyl (C=O) groups is 1. The standard InChI is InChI=1S/C14H20N2O/c1-11(2)10-15-13(17)16-14(8-9-14)12-6-4-3-5-7-12/h3-7,11H,8-10H2,1-2H3,(H2,15,16,17). The van der Waals surface area contributed by atoms with Crippen molar-refractivity contribution in [3.8, 4) is 0 Å². The van der Waals surface area contributed by atoms with Crippen LogP contribution < -0.4 is 10.6 Å². The van der Waals surface area contributed by atoms with Crippen LogP contribution in [0.4, 0.5) is 4.79 Å². The summed E-state index contributed by atoms with van der Waals surface area (Å²) in [5.74, 6) is 0.479. The van der Waals surface area contributed by atoms with Crippen molar-refractivity contribution in [1.82, 2.24) is 10.6 Å². The lowest BCUT2D eigenvalue weighted by Gasteiger charge is -2.19. The summed E-state index contributed by atoms with van der Waals surface area (Å²) in [5, 5.41) is 5.99. The van der Waals surface area contributed by atoms with Crippen LogP contribution in [0.2, 0.25) is 0 Å².